The van der Waals surface area contributed by atoms with Crippen molar-refractivity contribution in [1.82, 2.24) is 0 Å². The first-order valence-electron chi connectivity index (χ1n) is 7.56. The van der Waals surface area contributed by atoms with Gasteiger partial charge in [0.15, 0.2) is 4.51 Å². The second kappa shape index (κ2) is 10.2. The van der Waals surface area contributed by atoms with Gasteiger partial charge < -0.3 is 4.74 Å². The Balaban J connectivity index is 4.56. The summed E-state index contributed by atoms with van der Waals surface area (Å²) in [6.07, 6.45) is 0.391. The minimum absolute atomic E-state index is 0.00245. The van der Waals surface area contributed by atoms with Crippen LogP contribution in [-0.4, -0.2) is 40.2 Å². The van der Waals surface area contributed by atoms with Gasteiger partial charge in [-0.05, 0) is 41.5 Å². The van der Waals surface area contributed by atoms with Crippen molar-refractivity contribution >= 4 is 37.8 Å². The van der Waals surface area contributed by atoms with E-state index < -0.39 is 16.1 Å². The third kappa shape index (κ3) is 13.3. The molecule has 0 aliphatic heterocycles. The summed E-state index contributed by atoms with van der Waals surface area (Å²) in [7, 11) is 0. The lowest BCUT2D eigenvalue weighted by Gasteiger charge is -2.29. The van der Waals surface area contributed by atoms with Gasteiger partial charge >= 0.3 is 5.97 Å². The van der Waals surface area contributed by atoms with Crippen molar-refractivity contribution in [2.45, 2.75) is 62.4 Å². The van der Waals surface area contributed by atoms with Gasteiger partial charge in [-0.3, -0.25) is 0 Å². The molecule has 0 aromatic carbocycles. The van der Waals surface area contributed by atoms with Gasteiger partial charge in [0.05, 0.1) is 13.2 Å². The van der Waals surface area contributed by atoms with Crippen LogP contribution in [0, 0.1) is 0 Å². The standard InChI is InChI=1S/C16H28Br2O6/c1-12(2)13(19)20-11-16(7,24-22-10-14(3,4)17)8-9-21-23-15(5,6)18/h1,8-11H2,2-7H3. The molecule has 142 valence electrons. The summed E-state index contributed by atoms with van der Waals surface area (Å²) in [6.45, 7) is 15.0. The average Bonchev–Trinajstić information content (AvgIpc) is 2.38. The normalized spacial score (nSPS) is 15.0. The van der Waals surface area contributed by atoms with Crippen LogP contribution in [0.5, 0.6) is 0 Å². The Labute approximate surface area is 161 Å². The van der Waals surface area contributed by atoms with Crippen molar-refractivity contribution < 1.29 is 29.1 Å². The molecule has 0 bridgehead atoms. The quantitative estimate of drug-likeness (QED) is 0.104. The lowest BCUT2D eigenvalue weighted by Crippen LogP contribution is -2.38. The van der Waals surface area contributed by atoms with Gasteiger partial charge in [-0.2, -0.15) is 0 Å². The van der Waals surface area contributed by atoms with Crippen molar-refractivity contribution in [1.29, 1.82) is 0 Å². The number of halogens is 2. The maximum atomic E-state index is 11.6. The summed E-state index contributed by atoms with van der Waals surface area (Å²) in [5, 5.41) is 0. The van der Waals surface area contributed by atoms with Crippen LogP contribution in [-0.2, 0) is 29.1 Å². The Bertz CT molecular complexity index is 414. The lowest BCUT2D eigenvalue weighted by atomic mass is 10.0. The average molecular weight is 476 g/mol. The summed E-state index contributed by atoms with van der Waals surface area (Å²) in [5.41, 5.74) is -0.566. The van der Waals surface area contributed by atoms with Gasteiger partial charge in [-0.25, -0.2) is 24.3 Å². The fourth-order valence-electron chi connectivity index (χ4n) is 1.23. The predicted molar refractivity (Wildman–Crippen MR) is 98.9 cm³/mol. The van der Waals surface area contributed by atoms with Crippen molar-refractivity contribution in [3.8, 4) is 0 Å². The van der Waals surface area contributed by atoms with Crippen LogP contribution in [0.3, 0.4) is 0 Å². The zero-order valence-corrected chi connectivity index (χ0v) is 18.4. The summed E-state index contributed by atoms with van der Waals surface area (Å²) in [6, 6.07) is 0. The molecular formula is C16H28Br2O6. The molecular weight excluding hydrogens is 448 g/mol. The van der Waals surface area contributed by atoms with E-state index in [1.807, 2.05) is 13.8 Å². The molecule has 0 aromatic heterocycles. The molecule has 0 saturated heterocycles. The zero-order valence-electron chi connectivity index (χ0n) is 15.2. The second-order valence-corrected chi connectivity index (χ2v) is 10.9. The molecule has 0 saturated carbocycles. The Morgan fingerprint density at radius 3 is 2.04 bits per heavy atom. The fraction of sp³-hybridized carbons (Fsp3) is 0.812. The SMILES string of the molecule is C=C(C)C(=O)OCC(C)(CCOOC(C)(C)Br)OOCC(C)(C)Br. The second-order valence-electron chi connectivity index (χ2n) is 6.89. The van der Waals surface area contributed by atoms with Gasteiger partial charge in [0.2, 0.25) is 0 Å². The number of rotatable bonds is 12. The van der Waals surface area contributed by atoms with Crippen LogP contribution in [0.2, 0.25) is 0 Å². The highest BCUT2D eigenvalue weighted by molar-refractivity contribution is 9.10. The van der Waals surface area contributed by atoms with E-state index in [2.05, 4.69) is 38.4 Å². The third-order valence-corrected chi connectivity index (χ3v) is 2.85. The molecule has 0 radical (unpaired) electrons. The van der Waals surface area contributed by atoms with Gasteiger partial charge in [0, 0.05) is 16.3 Å². The van der Waals surface area contributed by atoms with E-state index in [9.17, 15) is 4.79 Å². The Morgan fingerprint density at radius 1 is 1.00 bits per heavy atom. The Morgan fingerprint density at radius 2 is 1.58 bits per heavy atom. The molecule has 8 heteroatoms. The molecule has 0 heterocycles. The van der Waals surface area contributed by atoms with E-state index in [0.29, 0.717) is 18.6 Å². The summed E-state index contributed by atoms with van der Waals surface area (Å²) >= 11 is 6.76. The minimum atomic E-state index is -0.886. The predicted octanol–water partition coefficient (Wildman–Crippen LogP) is 4.46. The van der Waals surface area contributed by atoms with Crippen LogP contribution in [0.1, 0.15) is 48.0 Å². The van der Waals surface area contributed by atoms with Gasteiger partial charge in [0.25, 0.3) is 0 Å². The van der Waals surface area contributed by atoms with Crippen LogP contribution in [0.15, 0.2) is 12.2 Å². The summed E-state index contributed by atoms with van der Waals surface area (Å²) in [4.78, 5) is 32.7. The molecule has 0 spiro atoms. The lowest BCUT2D eigenvalue weighted by molar-refractivity contribution is -0.378. The molecule has 6 nitrogen and oxygen atoms in total. The van der Waals surface area contributed by atoms with Crippen molar-refractivity contribution in [2.75, 3.05) is 19.8 Å². The maximum Gasteiger partial charge on any atom is 0.333 e. The summed E-state index contributed by atoms with van der Waals surface area (Å²) < 4.78 is 4.36. The van der Waals surface area contributed by atoms with E-state index in [1.165, 1.54) is 0 Å². The third-order valence-electron chi connectivity index (χ3n) is 2.49. The highest BCUT2D eigenvalue weighted by Crippen LogP contribution is 2.23. The molecule has 1 unspecified atom stereocenters. The van der Waals surface area contributed by atoms with E-state index >= 15 is 0 Å². The first kappa shape index (κ1) is 24.0. The van der Waals surface area contributed by atoms with Crippen molar-refractivity contribution in [3.63, 3.8) is 0 Å². The number of hydrogen-bond donors (Lipinski definition) is 0. The number of carbonyl (C=O) groups excluding carboxylic acids is 1. The number of carbonyl (C=O) groups is 1. The van der Waals surface area contributed by atoms with Gasteiger partial charge in [0.1, 0.15) is 12.2 Å². The molecule has 0 fully saturated rings. The van der Waals surface area contributed by atoms with Crippen LogP contribution >= 0.6 is 31.9 Å². The fourth-order valence-corrected chi connectivity index (χ4v) is 1.42. The maximum absolute atomic E-state index is 11.6. The summed E-state index contributed by atoms with van der Waals surface area (Å²) in [5.74, 6) is -0.482. The first-order chi connectivity index (χ1) is 10.7. The molecule has 1 atom stereocenters. The molecule has 0 amide bonds. The van der Waals surface area contributed by atoms with E-state index in [-0.39, 0.29) is 17.5 Å². The molecule has 0 aromatic rings. The molecule has 24 heavy (non-hydrogen) atoms. The van der Waals surface area contributed by atoms with E-state index in [4.69, 9.17) is 24.3 Å². The molecule has 0 aliphatic carbocycles. The Kier molecular flexibility index (Phi) is 10.2. The number of ether oxygens (including phenoxy) is 1. The highest BCUT2D eigenvalue weighted by atomic mass is 79.9. The number of alkyl halides is 2. The van der Waals surface area contributed by atoms with Gasteiger partial charge in [-0.15, -0.1) is 0 Å². The topological polar surface area (TPSA) is 63.2 Å². The first-order valence-corrected chi connectivity index (χ1v) is 9.14. The number of esters is 1. The van der Waals surface area contributed by atoms with Crippen LogP contribution < -0.4 is 0 Å². The van der Waals surface area contributed by atoms with Crippen LogP contribution in [0.4, 0.5) is 0 Å². The minimum Gasteiger partial charge on any atom is -0.459 e. The number of hydrogen-bond acceptors (Lipinski definition) is 6. The van der Waals surface area contributed by atoms with Crippen molar-refractivity contribution in [2.24, 2.45) is 0 Å². The Hall–Kier alpha value is 0.01000. The van der Waals surface area contributed by atoms with E-state index in [1.54, 1.807) is 27.7 Å². The smallest absolute Gasteiger partial charge is 0.333 e. The molecule has 0 N–H and O–H groups in total. The zero-order chi connectivity index (χ0) is 19.0. The molecule has 0 aliphatic rings. The van der Waals surface area contributed by atoms with Crippen molar-refractivity contribution in [3.05, 3.63) is 12.2 Å². The van der Waals surface area contributed by atoms with Gasteiger partial charge in [-0.1, -0.05) is 38.4 Å². The molecule has 0 rings (SSSR count). The monoisotopic (exact) mass is 474 g/mol. The van der Waals surface area contributed by atoms with E-state index in [0.717, 1.165) is 0 Å². The van der Waals surface area contributed by atoms with Crippen LogP contribution in [0.25, 0.3) is 0 Å². The largest absolute Gasteiger partial charge is 0.459 e. The highest BCUT2D eigenvalue weighted by Gasteiger charge is 2.31.